The van der Waals surface area contributed by atoms with E-state index in [4.69, 9.17) is 0 Å². The molecule has 0 heterocycles. The Labute approximate surface area is 125 Å². The predicted molar refractivity (Wildman–Crippen MR) is 97.2 cm³/mol. The van der Waals surface area contributed by atoms with Gasteiger partial charge in [0.15, 0.2) is 0 Å². The molecule has 1 unspecified atom stereocenters. The van der Waals surface area contributed by atoms with Crippen LogP contribution in [0.3, 0.4) is 0 Å². The first-order valence-electron chi connectivity index (χ1n) is 6.16. The summed E-state index contributed by atoms with van der Waals surface area (Å²) in [6.45, 7) is 11.1. The standard InChI is InChI=1S/C10H14.C5H12.4CH4/c1-3-9(2)10-7-5-4-6-8-10;1-4-5(2)3;;;;/h4-9H,3H2,1-2H3;5H,4H2,1-3H3;4*1H4. The molecule has 1 aromatic carbocycles. The van der Waals surface area contributed by atoms with Gasteiger partial charge in [0.2, 0.25) is 0 Å². The van der Waals surface area contributed by atoms with Crippen molar-refractivity contribution in [3.8, 4) is 0 Å². The van der Waals surface area contributed by atoms with Crippen LogP contribution in [0.2, 0.25) is 0 Å². The highest BCUT2D eigenvalue weighted by atomic mass is 14.0. The maximum absolute atomic E-state index is 2.26. The largest absolute Gasteiger partial charge is 0.0776 e. The molecule has 0 aromatic heterocycles. The lowest BCUT2D eigenvalue weighted by molar-refractivity contribution is 0.626. The van der Waals surface area contributed by atoms with Gasteiger partial charge in [0, 0.05) is 0 Å². The Balaban J connectivity index is -0.0000000652. The molecule has 0 fully saturated rings. The van der Waals surface area contributed by atoms with Gasteiger partial charge in [0.1, 0.15) is 0 Å². The predicted octanol–water partition coefficient (Wildman–Crippen LogP) is 7.80. The molecule has 0 radical (unpaired) electrons. The zero-order valence-corrected chi connectivity index (χ0v) is 11.0. The summed E-state index contributed by atoms with van der Waals surface area (Å²) in [5.41, 5.74) is 1.45. The Kier molecular flexibility index (Phi) is 31.8. The molecule has 0 spiro atoms. The summed E-state index contributed by atoms with van der Waals surface area (Å²) in [6.07, 6.45) is 2.53. The quantitative estimate of drug-likeness (QED) is 0.525. The minimum atomic E-state index is 0. The average molecular weight is 271 g/mol. The minimum Gasteiger partial charge on any atom is -0.0776 e. The van der Waals surface area contributed by atoms with E-state index >= 15 is 0 Å². The van der Waals surface area contributed by atoms with E-state index in [1.165, 1.54) is 18.4 Å². The number of hydrogen-bond acceptors (Lipinski definition) is 0. The van der Waals surface area contributed by atoms with Crippen LogP contribution in [-0.2, 0) is 0 Å². The molecule has 0 N–H and O–H groups in total. The molecule has 1 aromatic rings. The van der Waals surface area contributed by atoms with E-state index in [0.29, 0.717) is 5.92 Å². The Bertz CT molecular complexity index is 223. The van der Waals surface area contributed by atoms with Crippen molar-refractivity contribution >= 4 is 0 Å². The summed E-state index contributed by atoms with van der Waals surface area (Å²) in [7, 11) is 0. The fraction of sp³-hybridized carbons (Fsp3) is 0.684. The molecule has 0 saturated heterocycles. The van der Waals surface area contributed by atoms with Crippen LogP contribution in [0.5, 0.6) is 0 Å². The number of hydrogen-bond donors (Lipinski definition) is 0. The van der Waals surface area contributed by atoms with E-state index in [9.17, 15) is 0 Å². The van der Waals surface area contributed by atoms with Gasteiger partial charge in [-0.25, -0.2) is 0 Å². The lowest BCUT2D eigenvalue weighted by Crippen LogP contribution is -1.88. The zero-order valence-electron chi connectivity index (χ0n) is 11.0. The SMILES string of the molecule is C.C.C.C.CCC(C)C.CCC(C)c1ccccc1. The van der Waals surface area contributed by atoms with E-state index in [-0.39, 0.29) is 29.7 Å². The van der Waals surface area contributed by atoms with Crippen molar-refractivity contribution in [1.29, 1.82) is 0 Å². The van der Waals surface area contributed by atoms with Gasteiger partial charge >= 0.3 is 0 Å². The van der Waals surface area contributed by atoms with Gasteiger partial charge in [-0.2, -0.15) is 0 Å². The average Bonchev–Trinajstić information content (AvgIpc) is 2.30. The van der Waals surface area contributed by atoms with E-state index in [0.717, 1.165) is 5.92 Å². The molecule has 0 aliphatic carbocycles. The molecular weight excluding hydrogens is 228 g/mol. The monoisotopic (exact) mass is 270 g/mol. The molecule has 0 bridgehead atoms. The third-order valence-electron chi connectivity index (χ3n) is 2.80. The van der Waals surface area contributed by atoms with Gasteiger partial charge in [-0.05, 0) is 23.8 Å². The highest BCUT2D eigenvalue weighted by molar-refractivity contribution is 5.18. The topological polar surface area (TPSA) is 0 Å². The van der Waals surface area contributed by atoms with Crippen molar-refractivity contribution in [2.45, 2.75) is 83.1 Å². The second kappa shape index (κ2) is 19.6. The smallest absolute Gasteiger partial charge is 0.0193 e. The van der Waals surface area contributed by atoms with Gasteiger partial charge in [-0.3, -0.25) is 0 Å². The Morgan fingerprint density at radius 2 is 1.11 bits per heavy atom. The van der Waals surface area contributed by atoms with Crippen molar-refractivity contribution in [2.24, 2.45) is 5.92 Å². The Morgan fingerprint density at radius 3 is 1.37 bits per heavy atom. The summed E-state index contributed by atoms with van der Waals surface area (Å²) >= 11 is 0. The molecule has 0 aliphatic heterocycles. The molecule has 0 aliphatic rings. The van der Waals surface area contributed by atoms with Crippen LogP contribution in [0.15, 0.2) is 30.3 Å². The van der Waals surface area contributed by atoms with Crippen molar-refractivity contribution in [3.05, 3.63) is 35.9 Å². The zero-order chi connectivity index (χ0) is 11.7. The molecular formula is C19H42. The highest BCUT2D eigenvalue weighted by Gasteiger charge is 1.98. The lowest BCUT2D eigenvalue weighted by atomic mass is 9.99. The molecule has 0 amide bonds. The summed E-state index contributed by atoms with van der Waals surface area (Å²) < 4.78 is 0. The van der Waals surface area contributed by atoms with Crippen LogP contribution in [0, 0.1) is 5.92 Å². The molecule has 0 heteroatoms. The van der Waals surface area contributed by atoms with Crippen LogP contribution in [0.1, 0.15) is 88.6 Å². The van der Waals surface area contributed by atoms with Crippen molar-refractivity contribution in [1.82, 2.24) is 0 Å². The summed E-state index contributed by atoms with van der Waals surface area (Å²) in [6, 6.07) is 10.6. The third kappa shape index (κ3) is 17.2. The van der Waals surface area contributed by atoms with Gasteiger partial charge in [0.25, 0.3) is 0 Å². The molecule has 1 atom stereocenters. The van der Waals surface area contributed by atoms with Crippen molar-refractivity contribution in [3.63, 3.8) is 0 Å². The normalized spacial score (nSPS) is 9.37. The number of benzene rings is 1. The summed E-state index contributed by atoms with van der Waals surface area (Å²) in [5.74, 6) is 1.59. The second-order valence-electron chi connectivity index (χ2n) is 4.52. The van der Waals surface area contributed by atoms with Gasteiger partial charge in [-0.15, -0.1) is 0 Å². The summed E-state index contributed by atoms with van der Waals surface area (Å²) in [5, 5.41) is 0. The van der Waals surface area contributed by atoms with Gasteiger partial charge in [0.05, 0.1) is 0 Å². The first-order valence-corrected chi connectivity index (χ1v) is 6.16. The van der Waals surface area contributed by atoms with Crippen molar-refractivity contribution in [2.75, 3.05) is 0 Å². The van der Waals surface area contributed by atoms with Gasteiger partial charge < -0.3 is 0 Å². The molecule has 19 heavy (non-hydrogen) atoms. The highest BCUT2D eigenvalue weighted by Crippen LogP contribution is 2.16. The maximum Gasteiger partial charge on any atom is -0.0193 e. The van der Waals surface area contributed by atoms with E-state index < -0.39 is 0 Å². The van der Waals surface area contributed by atoms with Gasteiger partial charge in [-0.1, -0.05) is 101 Å². The second-order valence-corrected chi connectivity index (χ2v) is 4.52. The van der Waals surface area contributed by atoms with Crippen LogP contribution in [-0.4, -0.2) is 0 Å². The Hall–Kier alpha value is -0.780. The van der Waals surface area contributed by atoms with Crippen molar-refractivity contribution < 1.29 is 0 Å². The molecule has 0 nitrogen and oxygen atoms in total. The van der Waals surface area contributed by atoms with E-state index in [1.807, 2.05) is 0 Å². The first kappa shape index (κ1) is 30.9. The van der Waals surface area contributed by atoms with Crippen LogP contribution in [0.25, 0.3) is 0 Å². The molecule has 0 saturated carbocycles. The fourth-order valence-corrected chi connectivity index (χ4v) is 1.02. The lowest BCUT2D eigenvalue weighted by Gasteiger charge is -2.06. The molecule has 118 valence electrons. The molecule has 1 rings (SSSR count). The number of rotatable bonds is 3. The summed E-state index contributed by atoms with van der Waals surface area (Å²) in [4.78, 5) is 0. The van der Waals surface area contributed by atoms with Crippen LogP contribution in [0.4, 0.5) is 0 Å². The first-order chi connectivity index (χ1) is 7.11. The fourth-order valence-electron chi connectivity index (χ4n) is 1.02. The minimum absolute atomic E-state index is 0. The maximum atomic E-state index is 2.26. The van der Waals surface area contributed by atoms with E-state index in [1.54, 1.807) is 0 Å². The van der Waals surface area contributed by atoms with Crippen LogP contribution < -0.4 is 0 Å². The Morgan fingerprint density at radius 1 is 0.737 bits per heavy atom. The van der Waals surface area contributed by atoms with Crippen LogP contribution >= 0.6 is 0 Å². The van der Waals surface area contributed by atoms with E-state index in [2.05, 4.69) is 65.0 Å². The third-order valence-corrected chi connectivity index (χ3v) is 2.80.